The molecule has 0 saturated heterocycles. The number of rotatable bonds is 4. The highest BCUT2D eigenvalue weighted by Gasteiger charge is 2.37. The zero-order valence-corrected chi connectivity index (χ0v) is 29.5. The van der Waals surface area contributed by atoms with Crippen LogP contribution in [0.1, 0.15) is 25.0 Å². The van der Waals surface area contributed by atoms with Crippen molar-refractivity contribution < 1.29 is 4.42 Å². The monoisotopic (exact) mass is 684 g/mol. The second kappa shape index (κ2) is 10.9. The van der Waals surface area contributed by atoms with Crippen LogP contribution in [0.4, 0.5) is 17.1 Å². The average molecular weight is 685 g/mol. The molecular formula is C48H32N2OS. The molecule has 0 spiro atoms. The Hall–Kier alpha value is -6.23. The lowest BCUT2D eigenvalue weighted by Crippen LogP contribution is -2.17. The first kappa shape index (κ1) is 29.5. The number of fused-ring (bicyclic) bond motifs is 10. The Balaban J connectivity index is 1.10. The number of aromatic nitrogens is 1. The van der Waals surface area contributed by atoms with Gasteiger partial charge in [-0.25, -0.2) is 4.98 Å². The van der Waals surface area contributed by atoms with Gasteiger partial charge in [-0.3, -0.25) is 0 Å². The predicted molar refractivity (Wildman–Crippen MR) is 220 cm³/mol. The first-order valence-corrected chi connectivity index (χ1v) is 18.6. The molecule has 2 aromatic heterocycles. The van der Waals surface area contributed by atoms with Gasteiger partial charge in [0.2, 0.25) is 5.89 Å². The minimum atomic E-state index is -0.160. The molecule has 10 aromatic rings. The van der Waals surface area contributed by atoms with Crippen LogP contribution in [0.3, 0.4) is 0 Å². The van der Waals surface area contributed by atoms with Crippen molar-refractivity contribution in [2.75, 3.05) is 4.90 Å². The maximum atomic E-state index is 6.28. The summed E-state index contributed by atoms with van der Waals surface area (Å²) in [5, 5.41) is 7.46. The number of nitrogens with zero attached hydrogens (tertiary/aromatic N) is 2. The maximum absolute atomic E-state index is 6.28. The second-order valence-corrected chi connectivity index (χ2v) is 15.5. The molecule has 0 amide bonds. The number of benzene rings is 8. The number of hydrogen-bond acceptors (Lipinski definition) is 4. The zero-order chi connectivity index (χ0) is 34.6. The Morgan fingerprint density at radius 2 is 1.25 bits per heavy atom. The van der Waals surface area contributed by atoms with Crippen LogP contribution < -0.4 is 4.90 Å². The zero-order valence-electron chi connectivity index (χ0n) is 28.7. The molecule has 0 saturated carbocycles. The van der Waals surface area contributed by atoms with Gasteiger partial charge in [0, 0.05) is 48.2 Å². The van der Waals surface area contributed by atoms with Crippen molar-refractivity contribution in [1.82, 2.24) is 4.98 Å². The summed E-state index contributed by atoms with van der Waals surface area (Å²) in [6, 6.07) is 57.2. The third kappa shape index (κ3) is 4.28. The Bertz CT molecular complexity index is 3040. The van der Waals surface area contributed by atoms with E-state index in [9.17, 15) is 0 Å². The third-order valence-electron chi connectivity index (χ3n) is 11.0. The van der Waals surface area contributed by atoms with Crippen molar-refractivity contribution in [3.8, 4) is 22.6 Å². The van der Waals surface area contributed by atoms with Crippen LogP contribution in [-0.2, 0) is 5.41 Å². The van der Waals surface area contributed by atoms with E-state index in [1.165, 1.54) is 64.0 Å². The summed E-state index contributed by atoms with van der Waals surface area (Å²) in [5.41, 5.74) is 11.4. The lowest BCUT2D eigenvalue weighted by molar-refractivity contribution is 0.620. The molecule has 4 heteroatoms. The second-order valence-electron chi connectivity index (χ2n) is 14.4. The highest BCUT2D eigenvalue weighted by atomic mass is 32.1. The lowest BCUT2D eigenvalue weighted by Gasteiger charge is -2.28. The fourth-order valence-corrected chi connectivity index (χ4v) is 9.77. The van der Waals surface area contributed by atoms with E-state index in [-0.39, 0.29) is 5.41 Å². The summed E-state index contributed by atoms with van der Waals surface area (Å²) in [7, 11) is 0. The quantitative estimate of drug-likeness (QED) is 0.185. The molecule has 8 aromatic carbocycles. The molecule has 11 rings (SSSR count). The van der Waals surface area contributed by atoms with E-state index in [0.717, 1.165) is 33.7 Å². The molecule has 0 bridgehead atoms. The van der Waals surface area contributed by atoms with Crippen molar-refractivity contribution in [1.29, 1.82) is 0 Å². The molecule has 52 heavy (non-hydrogen) atoms. The standard InChI is InChI=1S/C48H32N2OS/c1-48(2)40-27-33(21-24-36(40)37-23-19-30-11-5-6-13-35(30)46(37)48)50(32-20-18-29-10-3-4-12-31(29)26-32)34-22-25-38-44(28-34)52-43-17-9-14-39(45(38)43)47-49-41-15-7-8-16-42(41)51-47/h3-28H,1-2H3. The molecule has 0 atom stereocenters. The van der Waals surface area contributed by atoms with E-state index >= 15 is 0 Å². The summed E-state index contributed by atoms with van der Waals surface area (Å²) in [4.78, 5) is 7.30. The van der Waals surface area contributed by atoms with Gasteiger partial charge in [-0.15, -0.1) is 11.3 Å². The SMILES string of the molecule is CC1(C)c2cc(N(c3ccc4ccccc4c3)c3ccc4c(c3)sc3cccc(-c5nc6ccccc6o5)c34)ccc2-c2ccc3ccccc3c21. The summed E-state index contributed by atoms with van der Waals surface area (Å²) in [6.07, 6.45) is 0. The topological polar surface area (TPSA) is 29.3 Å². The average Bonchev–Trinajstić information content (AvgIpc) is 3.85. The maximum Gasteiger partial charge on any atom is 0.227 e. The molecule has 2 heterocycles. The van der Waals surface area contributed by atoms with Crippen LogP contribution in [-0.4, -0.2) is 4.98 Å². The number of oxazole rings is 1. The van der Waals surface area contributed by atoms with Crippen molar-refractivity contribution in [3.63, 3.8) is 0 Å². The van der Waals surface area contributed by atoms with Gasteiger partial charge in [0.1, 0.15) is 5.52 Å². The van der Waals surface area contributed by atoms with Crippen LogP contribution >= 0.6 is 11.3 Å². The third-order valence-corrected chi connectivity index (χ3v) is 12.2. The molecule has 1 aliphatic carbocycles. The van der Waals surface area contributed by atoms with E-state index in [0.29, 0.717) is 5.89 Å². The molecule has 0 radical (unpaired) electrons. The first-order valence-electron chi connectivity index (χ1n) is 17.8. The summed E-state index contributed by atoms with van der Waals surface area (Å²) < 4.78 is 8.72. The molecule has 0 fully saturated rings. The van der Waals surface area contributed by atoms with Crippen LogP contribution in [0.25, 0.3) is 75.4 Å². The van der Waals surface area contributed by atoms with Gasteiger partial charge in [-0.2, -0.15) is 0 Å². The Kier molecular flexibility index (Phi) is 6.17. The number of anilines is 3. The van der Waals surface area contributed by atoms with E-state index in [2.05, 4.69) is 152 Å². The van der Waals surface area contributed by atoms with Crippen LogP contribution in [0.15, 0.2) is 162 Å². The Morgan fingerprint density at radius 3 is 2.15 bits per heavy atom. The van der Waals surface area contributed by atoms with Crippen molar-refractivity contribution >= 4 is 81.2 Å². The van der Waals surface area contributed by atoms with Gasteiger partial charge in [0.05, 0.1) is 0 Å². The highest BCUT2D eigenvalue weighted by molar-refractivity contribution is 7.26. The van der Waals surface area contributed by atoms with Crippen molar-refractivity contribution in [2.45, 2.75) is 19.3 Å². The Morgan fingerprint density at radius 1 is 0.538 bits per heavy atom. The van der Waals surface area contributed by atoms with E-state index in [4.69, 9.17) is 9.40 Å². The number of para-hydroxylation sites is 2. The molecule has 3 nitrogen and oxygen atoms in total. The highest BCUT2D eigenvalue weighted by Crippen LogP contribution is 2.53. The van der Waals surface area contributed by atoms with Crippen LogP contribution in [0, 0.1) is 0 Å². The largest absolute Gasteiger partial charge is 0.436 e. The molecular weight excluding hydrogens is 653 g/mol. The molecule has 0 N–H and O–H groups in total. The fraction of sp³-hybridized carbons (Fsp3) is 0.0625. The van der Waals surface area contributed by atoms with Gasteiger partial charge in [-0.1, -0.05) is 111 Å². The predicted octanol–water partition coefficient (Wildman–Crippen LogP) is 13.9. The molecule has 0 aliphatic heterocycles. The van der Waals surface area contributed by atoms with Gasteiger partial charge >= 0.3 is 0 Å². The van der Waals surface area contributed by atoms with Gasteiger partial charge in [0.25, 0.3) is 0 Å². The fourth-order valence-electron chi connectivity index (χ4n) is 8.61. The minimum Gasteiger partial charge on any atom is -0.436 e. The van der Waals surface area contributed by atoms with Crippen LogP contribution in [0.5, 0.6) is 0 Å². The molecule has 0 unspecified atom stereocenters. The lowest BCUT2D eigenvalue weighted by atomic mass is 9.80. The normalized spacial score (nSPS) is 13.3. The minimum absolute atomic E-state index is 0.160. The molecule has 246 valence electrons. The van der Waals surface area contributed by atoms with E-state index in [1.54, 1.807) is 0 Å². The van der Waals surface area contributed by atoms with Crippen molar-refractivity contribution in [2.24, 2.45) is 0 Å². The first-order chi connectivity index (χ1) is 25.5. The molecule has 1 aliphatic rings. The smallest absolute Gasteiger partial charge is 0.227 e. The van der Waals surface area contributed by atoms with E-state index in [1.807, 2.05) is 35.6 Å². The van der Waals surface area contributed by atoms with Gasteiger partial charge in [0.15, 0.2) is 5.58 Å². The summed E-state index contributed by atoms with van der Waals surface area (Å²) in [6.45, 7) is 4.76. The number of hydrogen-bond donors (Lipinski definition) is 0. The van der Waals surface area contributed by atoms with Crippen molar-refractivity contribution in [3.05, 3.63) is 169 Å². The van der Waals surface area contributed by atoms with E-state index < -0.39 is 0 Å². The summed E-state index contributed by atoms with van der Waals surface area (Å²) in [5.74, 6) is 0.655. The number of thiophene rings is 1. The van der Waals surface area contributed by atoms with Crippen LogP contribution in [0.2, 0.25) is 0 Å². The Labute approximate surface area is 305 Å². The van der Waals surface area contributed by atoms with Gasteiger partial charge in [-0.05, 0) is 104 Å². The summed E-state index contributed by atoms with van der Waals surface area (Å²) >= 11 is 1.82. The van der Waals surface area contributed by atoms with Gasteiger partial charge < -0.3 is 9.32 Å².